The van der Waals surface area contributed by atoms with Crippen LogP contribution in [-0.2, 0) is 4.74 Å². The highest BCUT2D eigenvalue weighted by atomic mass is 16.5. The van der Waals surface area contributed by atoms with Crippen LogP contribution in [-0.4, -0.2) is 53.8 Å². The van der Waals surface area contributed by atoms with Gasteiger partial charge in [0.05, 0.1) is 18.2 Å². The number of hydrogen-bond donors (Lipinski definition) is 1. The molecule has 2 bridgehead atoms. The lowest BCUT2D eigenvalue weighted by Crippen LogP contribution is -2.48. The number of esters is 1. The molecule has 6 nitrogen and oxygen atoms in total. The van der Waals surface area contributed by atoms with Crippen molar-refractivity contribution in [1.82, 2.24) is 4.90 Å². The fourth-order valence-corrected chi connectivity index (χ4v) is 3.22. The molecule has 2 heterocycles. The topological polar surface area (TPSA) is 70.1 Å². The van der Waals surface area contributed by atoms with Gasteiger partial charge in [0.1, 0.15) is 0 Å². The molecule has 1 N–H and O–H groups in total. The zero-order valence-electron chi connectivity index (χ0n) is 11.9. The molecule has 2 saturated heterocycles. The number of carboxylic acid groups (broad SMARTS) is 1. The molecule has 1 amide bonds. The van der Waals surface area contributed by atoms with Crippen LogP contribution in [0.2, 0.25) is 0 Å². The molecule has 2 aliphatic heterocycles. The minimum absolute atomic E-state index is 0.0808. The van der Waals surface area contributed by atoms with Crippen LogP contribution in [0.25, 0.3) is 0 Å². The number of carbonyl (C=O) groups excluding carboxylic acids is 1. The van der Waals surface area contributed by atoms with E-state index < -0.39 is 6.09 Å². The van der Waals surface area contributed by atoms with Crippen molar-refractivity contribution in [2.45, 2.75) is 25.4 Å². The Bertz CT molecular complexity index is 557. The molecule has 2 fully saturated rings. The van der Waals surface area contributed by atoms with Gasteiger partial charge in [0.15, 0.2) is 0 Å². The second kappa shape index (κ2) is 5.27. The molecule has 1 aromatic carbocycles. The molecular formula is C15H18N2O4. The zero-order valence-corrected chi connectivity index (χ0v) is 11.9. The first-order valence-electron chi connectivity index (χ1n) is 7.13. The lowest BCUT2D eigenvalue weighted by Gasteiger charge is -2.34. The van der Waals surface area contributed by atoms with E-state index in [1.165, 1.54) is 4.90 Å². The molecular weight excluding hydrogens is 272 g/mol. The minimum atomic E-state index is -0.834. The highest BCUT2D eigenvalue weighted by molar-refractivity contribution is 5.89. The largest absolute Gasteiger partial charge is 0.465 e. The van der Waals surface area contributed by atoms with Crippen molar-refractivity contribution in [3.05, 3.63) is 29.8 Å². The van der Waals surface area contributed by atoms with Gasteiger partial charge in [0.2, 0.25) is 0 Å². The maximum atomic E-state index is 11.6. The number of anilines is 1. The molecule has 6 heteroatoms. The average molecular weight is 290 g/mol. The molecule has 2 aliphatic rings. The van der Waals surface area contributed by atoms with Crippen molar-refractivity contribution in [2.24, 2.45) is 0 Å². The zero-order chi connectivity index (χ0) is 15.0. The summed E-state index contributed by atoms with van der Waals surface area (Å²) in [6.45, 7) is 3.41. The predicted molar refractivity (Wildman–Crippen MR) is 76.7 cm³/mol. The van der Waals surface area contributed by atoms with Crippen LogP contribution in [0.3, 0.4) is 0 Å². The van der Waals surface area contributed by atoms with E-state index in [-0.39, 0.29) is 18.1 Å². The van der Waals surface area contributed by atoms with Gasteiger partial charge in [0.25, 0.3) is 0 Å². The van der Waals surface area contributed by atoms with Gasteiger partial charge in [-0.2, -0.15) is 0 Å². The summed E-state index contributed by atoms with van der Waals surface area (Å²) in [7, 11) is 0. The van der Waals surface area contributed by atoms with E-state index >= 15 is 0 Å². The van der Waals surface area contributed by atoms with Gasteiger partial charge in [-0.25, -0.2) is 9.59 Å². The van der Waals surface area contributed by atoms with Gasteiger partial charge in [-0.05, 0) is 37.6 Å². The smallest absolute Gasteiger partial charge is 0.407 e. The maximum Gasteiger partial charge on any atom is 0.407 e. The van der Waals surface area contributed by atoms with Crippen LogP contribution in [0.15, 0.2) is 24.3 Å². The Morgan fingerprint density at radius 3 is 2.48 bits per heavy atom. The van der Waals surface area contributed by atoms with Crippen molar-refractivity contribution < 1.29 is 19.4 Å². The van der Waals surface area contributed by atoms with E-state index in [0.717, 1.165) is 18.7 Å². The summed E-state index contributed by atoms with van der Waals surface area (Å²) < 4.78 is 4.96. The SMILES string of the molecule is CCOC(=O)c1ccc(N2CC3CC2CN3C(=O)O)cc1. The molecule has 0 radical (unpaired) electrons. The average Bonchev–Trinajstić information content (AvgIpc) is 3.08. The number of benzene rings is 1. The Kier molecular flexibility index (Phi) is 3.45. The van der Waals surface area contributed by atoms with E-state index in [4.69, 9.17) is 9.84 Å². The first kappa shape index (κ1) is 13.7. The van der Waals surface area contributed by atoms with E-state index in [0.29, 0.717) is 18.7 Å². The van der Waals surface area contributed by atoms with Crippen molar-refractivity contribution in [3.63, 3.8) is 0 Å². The van der Waals surface area contributed by atoms with Crippen LogP contribution in [0, 0.1) is 0 Å². The summed E-state index contributed by atoms with van der Waals surface area (Å²) in [6.07, 6.45) is 0.0474. The molecule has 112 valence electrons. The number of carbonyl (C=O) groups is 2. The third-order valence-corrected chi connectivity index (χ3v) is 4.20. The van der Waals surface area contributed by atoms with Crippen molar-refractivity contribution in [2.75, 3.05) is 24.6 Å². The van der Waals surface area contributed by atoms with E-state index in [1.54, 1.807) is 19.1 Å². The van der Waals surface area contributed by atoms with Crippen molar-refractivity contribution >= 4 is 17.7 Å². The van der Waals surface area contributed by atoms with Gasteiger partial charge in [-0.1, -0.05) is 0 Å². The van der Waals surface area contributed by atoms with Gasteiger partial charge in [-0.3, -0.25) is 0 Å². The quantitative estimate of drug-likeness (QED) is 0.860. The number of nitrogens with zero attached hydrogens (tertiary/aromatic N) is 2. The standard InChI is InChI=1S/C15H18N2O4/c1-2-21-14(18)10-3-5-11(6-4-10)16-8-13-7-12(16)9-17(13)15(19)20/h3-6,12-13H,2,7-9H2,1H3,(H,19,20). The summed E-state index contributed by atoms with van der Waals surface area (Å²) >= 11 is 0. The monoisotopic (exact) mass is 290 g/mol. The lowest BCUT2D eigenvalue weighted by atomic mass is 10.1. The van der Waals surface area contributed by atoms with Gasteiger partial charge in [0, 0.05) is 24.8 Å². The summed E-state index contributed by atoms with van der Waals surface area (Å²) in [5.41, 5.74) is 1.57. The van der Waals surface area contributed by atoms with E-state index in [9.17, 15) is 9.59 Å². The Balaban J connectivity index is 1.70. The Morgan fingerprint density at radius 1 is 1.24 bits per heavy atom. The second-order valence-electron chi connectivity index (χ2n) is 5.40. The first-order chi connectivity index (χ1) is 10.1. The number of rotatable bonds is 3. The summed E-state index contributed by atoms with van der Waals surface area (Å²) in [5.74, 6) is -0.316. The highest BCUT2D eigenvalue weighted by Crippen LogP contribution is 2.34. The molecule has 0 aromatic heterocycles. The molecule has 3 rings (SSSR count). The summed E-state index contributed by atoms with van der Waals surface area (Å²) in [6, 6.07) is 7.63. The molecule has 0 aliphatic carbocycles. The van der Waals surface area contributed by atoms with Crippen LogP contribution < -0.4 is 4.90 Å². The molecule has 0 spiro atoms. The molecule has 21 heavy (non-hydrogen) atoms. The van der Waals surface area contributed by atoms with Crippen molar-refractivity contribution in [1.29, 1.82) is 0 Å². The number of fused-ring (bicyclic) bond motifs is 2. The normalized spacial score (nSPS) is 23.5. The number of piperazine rings is 1. The number of hydrogen-bond acceptors (Lipinski definition) is 4. The third-order valence-electron chi connectivity index (χ3n) is 4.20. The fraction of sp³-hybridized carbons (Fsp3) is 0.467. The maximum absolute atomic E-state index is 11.6. The molecule has 1 aromatic rings. The van der Waals surface area contributed by atoms with E-state index in [1.807, 2.05) is 12.1 Å². The number of amides is 1. The van der Waals surface area contributed by atoms with E-state index in [2.05, 4.69) is 4.90 Å². The van der Waals surface area contributed by atoms with Gasteiger partial charge < -0.3 is 19.6 Å². The Hall–Kier alpha value is -2.24. The summed E-state index contributed by atoms with van der Waals surface area (Å²) in [5, 5.41) is 9.10. The predicted octanol–water partition coefficient (Wildman–Crippen LogP) is 1.80. The van der Waals surface area contributed by atoms with Crippen LogP contribution in [0.5, 0.6) is 0 Å². The Morgan fingerprint density at radius 2 is 1.95 bits per heavy atom. The summed E-state index contributed by atoms with van der Waals surface area (Å²) in [4.78, 5) is 26.4. The highest BCUT2D eigenvalue weighted by Gasteiger charge is 2.45. The van der Waals surface area contributed by atoms with Crippen LogP contribution in [0.1, 0.15) is 23.7 Å². The van der Waals surface area contributed by atoms with Gasteiger partial charge >= 0.3 is 12.1 Å². The third kappa shape index (κ3) is 2.41. The molecule has 2 atom stereocenters. The fourth-order valence-electron chi connectivity index (χ4n) is 3.22. The Labute approximate surface area is 122 Å². The van der Waals surface area contributed by atoms with Crippen molar-refractivity contribution in [3.8, 4) is 0 Å². The first-order valence-corrected chi connectivity index (χ1v) is 7.13. The molecule has 0 saturated carbocycles. The number of likely N-dealkylation sites (tertiary alicyclic amines) is 1. The minimum Gasteiger partial charge on any atom is -0.465 e. The van der Waals surface area contributed by atoms with Crippen LogP contribution >= 0.6 is 0 Å². The van der Waals surface area contributed by atoms with Gasteiger partial charge in [-0.15, -0.1) is 0 Å². The molecule has 2 unspecified atom stereocenters. The lowest BCUT2D eigenvalue weighted by molar-refractivity contribution is 0.0526. The van der Waals surface area contributed by atoms with Crippen LogP contribution in [0.4, 0.5) is 10.5 Å². The number of ether oxygens (including phenoxy) is 1. The second-order valence-corrected chi connectivity index (χ2v) is 5.40.